The second-order valence-electron chi connectivity index (χ2n) is 5.86. The largest absolute Gasteiger partial charge is 0.352 e. The molecule has 0 radical (unpaired) electrons. The molecule has 0 atom stereocenters. The molecule has 0 spiro atoms. The molecule has 1 amide bonds. The van der Waals surface area contributed by atoms with Crippen LogP contribution in [-0.4, -0.2) is 47.0 Å². The van der Waals surface area contributed by atoms with E-state index in [0.717, 1.165) is 55.1 Å². The summed E-state index contributed by atoms with van der Waals surface area (Å²) < 4.78 is 0. The van der Waals surface area contributed by atoms with Crippen LogP contribution in [0, 0.1) is 12.8 Å². The van der Waals surface area contributed by atoms with Gasteiger partial charge in [-0.1, -0.05) is 0 Å². The molecule has 21 heavy (non-hydrogen) atoms. The molecule has 3 heterocycles. The van der Waals surface area contributed by atoms with E-state index in [1.807, 2.05) is 4.90 Å². The summed E-state index contributed by atoms with van der Waals surface area (Å²) in [6.45, 7) is 5.44. The van der Waals surface area contributed by atoms with Crippen molar-refractivity contribution in [3.63, 3.8) is 0 Å². The Bertz CT molecular complexity index is 686. The number of hydrogen-bond donors (Lipinski definition) is 0. The molecule has 2 aliphatic rings. The van der Waals surface area contributed by atoms with Crippen molar-refractivity contribution < 1.29 is 4.79 Å². The molecule has 2 aromatic rings. The van der Waals surface area contributed by atoms with Crippen molar-refractivity contribution in [2.45, 2.75) is 19.8 Å². The fourth-order valence-electron chi connectivity index (χ4n) is 2.94. The summed E-state index contributed by atoms with van der Waals surface area (Å²) in [5.41, 5.74) is 0. The van der Waals surface area contributed by atoms with E-state index in [9.17, 15) is 4.79 Å². The van der Waals surface area contributed by atoms with E-state index in [2.05, 4.69) is 27.9 Å². The summed E-state index contributed by atoms with van der Waals surface area (Å²) in [4.78, 5) is 27.5. The highest BCUT2D eigenvalue weighted by Crippen LogP contribution is 2.33. The molecule has 1 saturated heterocycles. The predicted molar refractivity (Wildman–Crippen MR) is 83.7 cm³/mol. The second-order valence-corrected chi connectivity index (χ2v) is 7.09. The number of hydrogen-bond acceptors (Lipinski definition) is 5. The number of anilines is 1. The van der Waals surface area contributed by atoms with Gasteiger partial charge >= 0.3 is 0 Å². The third kappa shape index (κ3) is 2.37. The monoisotopic (exact) mass is 302 g/mol. The maximum Gasteiger partial charge on any atom is 0.225 e. The third-order valence-electron chi connectivity index (χ3n) is 4.25. The number of amides is 1. The molecule has 0 bridgehead atoms. The van der Waals surface area contributed by atoms with E-state index >= 15 is 0 Å². The van der Waals surface area contributed by atoms with Gasteiger partial charge in [0.1, 0.15) is 17.0 Å². The van der Waals surface area contributed by atoms with E-state index in [1.54, 1.807) is 17.7 Å². The first-order valence-electron chi connectivity index (χ1n) is 7.47. The molecule has 2 fully saturated rings. The minimum absolute atomic E-state index is 0.321. The maximum absolute atomic E-state index is 12.1. The van der Waals surface area contributed by atoms with Crippen LogP contribution < -0.4 is 4.90 Å². The molecule has 1 aliphatic heterocycles. The molecular weight excluding hydrogens is 284 g/mol. The highest BCUT2D eigenvalue weighted by atomic mass is 32.1. The van der Waals surface area contributed by atoms with Gasteiger partial charge in [-0.15, -0.1) is 11.3 Å². The molecule has 6 heteroatoms. The molecule has 1 saturated carbocycles. The van der Waals surface area contributed by atoms with Crippen LogP contribution in [0.5, 0.6) is 0 Å². The number of aryl methyl sites for hydroxylation is 1. The third-order valence-corrected chi connectivity index (χ3v) is 5.21. The molecule has 0 N–H and O–H groups in total. The number of carbonyl (C=O) groups is 1. The zero-order valence-electron chi connectivity index (χ0n) is 12.1. The Kier molecular flexibility index (Phi) is 3.06. The number of piperazine rings is 1. The number of carbonyl (C=O) groups excluding carboxylic acids is 1. The van der Waals surface area contributed by atoms with Gasteiger partial charge in [-0.25, -0.2) is 9.97 Å². The van der Waals surface area contributed by atoms with E-state index in [4.69, 9.17) is 0 Å². The molecule has 1 aliphatic carbocycles. The van der Waals surface area contributed by atoms with E-state index < -0.39 is 0 Å². The first-order valence-corrected chi connectivity index (χ1v) is 8.29. The van der Waals surface area contributed by atoms with Gasteiger partial charge in [0, 0.05) is 37.0 Å². The Morgan fingerprint density at radius 3 is 2.71 bits per heavy atom. The predicted octanol–water partition coefficient (Wildman–Crippen LogP) is 2.06. The summed E-state index contributed by atoms with van der Waals surface area (Å²) in [6, 6.07) is 2.16. The Labute approximate surface area is 127 Å². The van der Waals surface area contributed by atoms with Crippen LogP contribution in [0.4, 0.5) is 5.82 Å². The van der Waals surface area contributed by atoms with Gasteiger partial charge in [0.2, 0.25) is 5.91 Å². The topological polar surface area (TPSA) is 49.3 Å². The quantitative estimate of drug-likeness (QED) is 0.852. The fourth-order valence-corrected chi connectivity index (χ4v) is 3.78. The Hall–Kier alpha value is -1.69. The van der Waals surface area contributed by atoms with Gasteiger partial charge in [0.05, 0.1) is 5.39 Å². The Balaban J connectivity index is 1.53. The molecule has 110 valence electrons. The van der Waals surface area contributed by atoms with Gasteiger partial charge < -0.3 is 9.80 Å². The van der Waals surface area contributed by atoms with Gasteiger partial charge in [-0.05, 0) is 25.8 Å². The van der Waals surface area contributed by atoms with Crippen molar-refractivity contribution in [1.29, 1.82) is 0 Å². The summed E-state index contributed by atoms with van der Waals surface area (Å²) in [5, 5.41) is 1.14. The fraction of sp³-hybridized carbons (Fsp3) is 0.533. The second kappa shape index (κ2) is 4.94. The summed E-state index contributed by atoms with van der Waals surface area (Å²) >= 11 is 1.71. The van der Waals surface area contributed by atoms with Gasteiger partial charge in [-0.3, -0.25) is 4.79 Å². The molecule has 4 rings (SSSR count). The number of nitrogens with zero attached hydrogens (tertiary/aromatic N) is 4. The molecule has 2 aromatic heterocycles. The van der Waals surface area contributed by atoms with Crippen molar-refractivity contribution in [3.05, 3.63) is 17.3 Å². The van der Waals surface area contributed by atoms with Crippen molar-refractivity contribution in [1.82, 2.24) is 14.9 Å². The van der Waals surface area contributed by atoms with Crippen LogP contribution in [0.1, 0.15) is 17.7 Å². The van der Waals surface area contributed by atoms with Gasteiger partial charge in [0.15, 0.2) is 0 Å². The molecule has 0 aromatic carbocycles. The molecule has 0 unspecified atom stereocenters. The van der Waals surface area contributed by atoms with Crippen LogP contribution in [0.25, 0.3) is 10.2 Å². The van der Waals surface area contributed by atoms with Crippen molar-refractivity contribution in [2.75, 3.05) is 31.1 Å². The average molecular weight is 302 g/mol. The van der Waals surface area contributed by atoms with Crippen LogP contribution in [0.3, 0.4) is 0 Å². The van der Waals surface area contributed by atoms with Crippen molar-refractivity contribution >= 4 is 33.3 Å². The van der Waals surface area contributed by atoms with Crippen LogP contribution in [0.2, 0.25) is 0 Å². The van der Waals surface area contributed by atoms with Crippen LogP contribution in [-0.2, 0) is 4.79 Å². The maximum atomic E-state index is 12.1. The Morgan fingerprint density at radius 1 is 1.24 bits per heavy atom. The number of fused-ring (bicyclic) bond motifs is 1. The molecular formula is C15H18N4OS. The highest BCUT2D eigenvalue weighted by molar-refractivity contribution is 7.18. The highest BCUT2D eigenvalue weighted by Gasteiger charge is 2.34. The van der Waals surface area contributed by atoms with E-state index in [1.165, 1.54) is 4.88 Å². The zero-order valence-corrected chi connectivity index (χ0v) is 12.9. The van der Waals surface area contributed by atoms with Crippen molar-refractivity contribution in [2.24, 2.45) is 5.92 Å². The normalized spacial score (nSPS) is 19.3. The zero-order chi connectivity index (χ0) is 14.4. The lowest BCUT2D eigenvalue weighted by Gasteiger charge is -2.35. The first-order chi connectivity index (χ1) is 10.2. The SMILES string of the molecule is Cc1cc2c(N3CCN(C(=O)C4CC4)CC3)ncnc2s1. The van der Waals surface area contributed by atoms with Crippen LogP contribution >= 0.6 is 11.3 Å². The lowest BCUT2D eigenvalue weighted by atomic mass is 10.2. The smallest absolute Gasteiger partial charge is 0.225 e. The average Bonchev–Trinajstić information content (AvgIpc) is 3.27. The lowest BCUT2D eigenvalue weighted by molar-refractivity contribution is -0.132. The lowest BCUT2D eigenvalue weighted by Crippen LogP contribution is -2.49. The standard InChI is InChI=1S/C15H18N4OS/c1-10-8-12-13(16-9-17-14(12)21-10)18-4-6-19(7-5-18)15(20)11-2-3-11/h8-9,11H,2-7H2,1H3. The van der Waals surface area contributed by atoms with Crippen LogP contribution in [0.15, 0.2) is 12.4 Å². The van der Waals surface area contributed by atoms with E-state index in [0.29, 0.717) is 11.8 Å². The Morgan fingerprint density at radius 2 is 2.00 bits per heavy atom. The van der Waals surface area contributed by atoms with Gasteiger partial charge in [0.25, 0.3) is 0 Å². The molecule has 5 nitrogen and oxygen atoms in total. The number of aromatic nitrogens is 2. The minimum Gasteiger partial charge on any atom is -0.352 e. The first kappa shape index (κ1) is 13.0. The minimum atomic E-state index is 0.321. The van der Waals surface area contributed by atoms with Gasteiger partial charge in [-0.2, -0.15) is 0 Å². The van der Waals surface area contributed by atoms with Crippen molar-refractivity contribution in [3.8, 4) is 0 Å². The summed E-state index contributed by atoms with van der Waals surface area (Å²) in [5.74, 6) is 1.69. The number of thiophene rings is 1. The summed E-state index contributed by atoms with van der Waals surface area (Å²) in [7, 11) is 0. The van der Waals surface area contributed by atoms with E-state index in [-0.39, 0.29) is 0 Å². The number of rotatable bonds is 2. The summed E-state index contributed by atoms with van der Waals surface area (Å²) in [6.07, 6.45) is 3.81.